The predicted octanol–water partition coefficient (Wildman–Crippen LogP) is 6.14. The average molecular weight is 460 g/mol. The van der Waals surface area contributed by atoms with Crippen LogP contribution in [0.25, 0.3) is 21.4 Å². The molecule has 0 fully saturated rings. The first-order chi connectivity index (χ1) is 14.4. The number of nitrogens with one attached hydrogen (secondary N) is 1. The van der Waals surface area contributed by atoms with Gasteiger partial charge < -0.3 is 4.42 Å². The number of rotatable bonds is 5. The average Bonchev–Trinajstić information content (AvgIpc) is 3.33. The fourth-order valence-corrected chi connectivity index (χ4v) is 4.37. The Hall–Kier alpha value is -3.20. The van der Waals surface area contributed by atoms with Crippen LogP contribution in [0.15, 0.2) is 64.1 Å². The van der Waals surface area contributed by atoms with Gasteiger partial charge in [-0.3, -0.25) is 14.9 Å². The van der Waals surface area contributed by atoms with E-state index in [0.29, 0.717) is 32.0 Å². The van der Waals surface area contributed by atoms with E-state index in [4.69, 9.17) is 27.6 Å². The smallest absolute Gasteiger partial charge is 0.283 e. The van der Waals surface area contributed by atoms with Crippen LogP contribution in [-0.4, -0.2) is 17.0 Å². The van der Waals surface area contributed by atoms with Gasteiger partial charge in [0.1, 0.15) is 16.4 Å². The van der Waals surface area contributed by atoms with E-state index in [1.807, 2.05) is 24.3 Å². The Labute approximate surface area is 183 Å². The Kier molecular flexibility index (Phi) is 5.54. The molecule has 0 spiro atoms. The van der Waals surface area contributed by atoms with Crippen molar-refractivity contribution in [2.75, 3.05) is 0 Å². The van der Waals surface area contributed by atoms with Crippen molar-refractivity contribution in [3.8, 4) is 11.3 Å². The van der Waals surface area contributed by atoms with Gasteiger partial charge in [-0.1, -0.05) is 41.4 Å². The number of benzene rings is 2. The Balaban J connectivity index is 1.50. The monoisotopic (exact) mass is 459 g/mol. The zero-order chi connectivity index (χ0) is 21.3. The predicted molar refractivity (Wildman–Crippen MR) is 118 cm³/mol. The summed E-state index contributed by atoms with van der Waals surface area (Å²) in [5, 5.41) is 16.4. The summed E-state index contributed by atoms with van der Waals surface area (Å²) in [7, 11) is 0. The number of amides is 1. The second-order valence-corrected chi connectivity index (χ2v) is 7.90. The molecule has 0 aliphatic heterocycles. The summed E-state index contributed by atoms with van der Waals surface area (Å²) in [6, 6.07) is 14.7. The summed E-state index contributed by atoms with van der Waals surface area (Å²) in [4.78, 5) is 23.2. The third kappa shape index (κ3) is 3.93. The number of hydrogen-bond acceptors (Lipinski definition) is 6. The van der Waals surface area contributed by atoms with Crippen LogP contribution < -0.4 is 5.43 Å². The van der Waals surface area contributed by atoms with Gasteiger partial charge in [-0.2, -0.15) is 5.10 Å². The minimum absolute atomic E-state index is 0.103. The number of carbonyl (C=O) groups is 1. The molecule has 2 aromatic carbocycles. The van der Waals surface area contributed by atoms with Gasteiger partial charge in [0.2, 0.25) is 0 Å². The Morgan fingerprint density at radius 1 is 1.17 bits per heavy atom. The van der Waals surface area contributed by atoms with Gasteiger partial charge in [0.05, 0.1) is 21.2 Å². The third-order valence-electron chi connectivity index (χ3n) is 4.15. The molecule has 150 valence electrons. The van der Waals surface area contributed by atoms with Crippen molar-refractivity contribution in [1.82, 2.24) is 5.43 Å². The molecule has 0 saturated heterocycles. The second kappa shape index (κ2) is 8.27. The van der Waals surface area contributed by atoms with Crippen LogP contribution in [0.3, 0.4) is 0 Å². The number of fused-ring (bicyclic) bond motifs is 1. The van der Waals surface area contributed by atoms with Crippen molar-refractivity contribution in [1.29, 1.82) is 0 Å². The van der Waals surface area contributed by atoms with Crippen LogP contribution in [0.4, 0.5) is 5.69 Å². The summed E-state index contributed by atoms with van der Waals surface area (Å²) in [5.41, 5.74) is 2.69. The van der Waals surface area contributed by atoms with Gasteiger partial charge >= 0.3 is 0 Å². The van der Waals surface area contributed by atoms with E-state index in [0.717, 1.165) is 10.1 Å². The number of nitrogens with zero attached hydrogens (tertiary/aromatic N) is 2. The molecule has 0 bridgehead atoms. The Morgan fingerprint density at radius 3 is 2.73 bits per heavy atom. The third-order valence-corrected chi connectivity index (χ3v) is 6.16. The van der Waals surface area contributed by atoms with Gasteiger partial charge in [-0.25, -0.2) is 5.43 Å². The lowest BCUT2D eigenvalue weighted by atomic mass is 10.1. The summed E-state index contributed by atoms with van der Waals surface area (Å²) in [6.07, 6.45) is 1.31. The molecule has 0 aliphatic carbocycles. The van der Waals surface area contributed by atoms with Crippen LogP contribution in [0, 0.1) is 10.1 Å². The van der Waals surface area contributed by atoms with Gasteiger partial charge in [0, 0.05) is 27.8 Å². The van der Waals surface area contributed by atoms with Crippen molar-refractivity contribution < 1.29 is 14.1 Å². The number of hydrazone groups is 1. The molecular weight excluding hydrogens is 449 g/mol. The molecule has 7 nitrogen and oxygen atoms in total. The maximum absolute atomic E-state index is 12.4. The number of nitro benzene ring substituents is 1. The van der Waals surface area contributed by atoms with E-state index in [1.54, 1.807) is 12.1 Å². The molecule has 0 atom stereocenters. The van der Waals surface area contributed by atoms with Crippen LogP contribution >= 0.6 is 34.5 Å². The van der Waals surface area contributed by atoms with Crippen LogP contribution in [-0.2, 0) is 0 Å². The molecule has 0 aliphatic rings. The first-order valence-corrected chi connectivity index (χ1v) is 10.1. The van der Waals surface area contributed by atoms with Crippen molar-refractivity contribution >= 4 is 62.4 Å². The molecule has 10 heteroatoms. The highest BCUT2D eigenvalue weighted by Crippen LogP contribution is 2.35. The van der Waals surface area contributed by atoms with E-state index < -0.39 is 10.8 Å². The van der Waals surface area contributed by atoms with Crippen molar-refractivity contribution in [2.45, 2.75) is 0 Å². The normalized spacial score (nSPS) is 11.3. The molecule has 2 aromatic heterocycles. The highest BCUT2D eigenvalue weighted by atomic mass is 35.5. The highest BCUT2D eigenvalue weighted by molar-refractivity contribution is 7.21. The molecule has 0 unspecified atom stereocenters. The van der Waals surface area contributed by atoms with Crippen LogP contribution in [0.2, 0.25) is 10.0 Å². The minimum Gasteiger partial charge on any atom is -0.455 e. The molecule has 0 radical (unpaired) electrons. The minimum atomic E-state index is -0.514. The second-order valence-electron chi connectivity index (χ2n) is 6.06. The maximum atomic E-state index is 12.4. The Morgan fingerprint density at radius 2 is 1.97 bits per heavy atom. The fraction of sp³-hybridized carbons (Fsp3) is 0. The van der Waals surface area contributed by atoms with Gasteiger partial charge in [-0.15, -0.1) is 11.3 Å². The summed E-state index contributed by atoms with van der Waals surface area (Å²) in [6.45, 7) is 0. The summed E-state index contributed by atoms with van der Waals surface area (Å²) in [5.74, 6) is 0.227. The van der Waals surface area contributed by atoms with Crippen LogP contribution in [0.1, 0.15) is 15.4 Å². The SMILES string of the molecule is O=C(N/N=C/c1ccc(-c2cc([N+](=O)[O-])ccc2Cl)o1)c1sc2ccccc2c1Cl. The first kappa shape index (κ1) is 20.1. The zero-order valence-electron chi connectivity index (χ0n) is 15.0. The van der Waals surface area contributed by atoms with Gasteiger partial charge in [-0.05, 0) is 24.3 Å². The number of hydrogen-bond donors (Lipinski definition) is 1. The number of halogens is 2. The number of carbonyl (C=O) groups excluding carboxylic acids is 1. The van der Waals surface area contributed by atoms with E-state index in [2.05, 4.69) is 10.5 Å². The lowest BCUT2D eigenvalue weighted by molar-refractivity contribution is -0.384. The summed E-state index contributed by atoms with van der Waals surface area (Å²) >= 11 is 13.7. The molecule has 1 amide bonds. The Bertz CT molecular complexity index is 1310. The number of nitro groups is 1. The molecule has 2 heterocycles. The fourth-order valence-electron chi connectivity index (χ4n) is 2.75. The molecule has 1 N–H and O–H groups in total. The number of thiophene rings is 1. The lowest BCUT2D eigenvalue weighted by Gasteiger charge is -2.00. The highest BCUT2D eigenvalue weighted by Gasteiger charge is 2.17. The van der Waals surface area contributed by atoms with E-state index in [1.165, 1.54) is 35.8 Å². The zero-order valence-corrected chi connectivity index (χ0v) is 17.3. The quantitative estimate of drug-likeness (QED) is 0.220. The van der Waals surface area contributed by atoms with E-state index >= 15 is 0 Å². The number of furan rings is 1. The molecule has 4 rings (SSSR count). The molecular formula is C20H11Cl2N3O4S. The maximum Gasteiger partial charge on any atom is 0.283 e. The summed E-state index contributed by atoms with van der Waals surface area (Å²) < 4.78 is 6.52. The van der Waals surface area contributed by atoms with Gasteiger partial charge in [0.25, 0.3) is 11.6 Å². The molecule has 0 saturated carbocycles. The van der Waals surface area contributed by atoms with Crippen LogP contribution in [0.5, 0.6) is 0 Å². The van der Waals surface area contributed by atoms with Crippen molar-refractivity contribution in [3.63, 3.8) is 0 Å². The first-order valence-electron chi connectivity index (χ1n) is 8.48. The molecule has 4 aromatic rings. The van der Waals surface area contributed by atoms with Crippen molar-refractivity contribution in [2.24, 2.45) is 5.10 Å². The van der Waals surface area contributed by atoms with Gasteiger partial charge in [0.15, 0.2) is 0 Å². The van der Waals surface area contributed by atoms with E-state index in [-0.39, 0.29) is 5.69 Å². The largest absolute Gasteiger partial charge is 0.455 e. The van der Waals surface area contributed by atoms with Crippen molar-refractivity contribution in [3.05, 3.63) is 85.4 Å². The number of non-ortho nitro benzene ring substituents is 1. The molecule has 30 heavy (non-hydrogen) atoms. The van der Waals surface area contributed by atoms with E-state index in [9.17, 15) is 14.9 Å². The lowest BCUT2D eigenvalue weighted by Crippen LogP contribution is -2.16. The standard InChI is InChI=1S/C20H11Cl2N3O4S/c21-15-7-5-11(25(27)28)9-14(15)16-8-6-12(29-16)10-23-24-20(26)19-18(22)13-3-1-2-4-17(13)30-19/h1-10H,(H,24,26)/b23-10+. The topological polar surface area (TPSA) is 97.7 Å².